The molecule has 0 bridgehead atoms. The Labute approximate surface area is 187 Å². The minimum atomic E-state index is -4.36. The molecule has 9 heteroatoms. The van der Waals surface area contributed by atoms with E-state index in [0.717, 1.165) is 12.5 Å². The normalized spacial score (nSPS) is 15.8. The van der Waals surface area contributed by atoms with Crippen molar-refractivity contribution >= 4 is 10.0 Å². The lowest BCUT2D eigenvalue weighted by atomic mass is 10.1. The number of hydrogen-bond donors (Lipinski definition) is 0. The van der Waals surface area contributed by atoms with Crippen LogP contribution in [0.25, 0.3) is 0 Å². The molecule has 0 unspecified atom stereocenters. The molecule has 0 radical (unpaired) electrons. The third kappa shape index (κ3) is 7.58. The standard InChI is InChI=1S/C23H29F3N2O3S/c1-32(29,30)28-17-22(18-28)31-14-6-12-27(13-11-19-7-3-2-4-8-19)16-20-9-5-10-21(15-20)23(24,25)26/h2-5,7-10,15,22H,6,11-14,16-18H2,1H3. The van der Waals surface area contributed by atoms with Crippen molar-refractivity contribution in [2.24, 2.45) is 0 Å². The molecule has 0 spiro atoms. The molecule has 2 aromatic rings. The summed E-state index contributed by atoms with van der Waals surface area (Å²) in [4.78, 5) is 2.13. The molecule has 2 aromatic carbocycles. The average molecular weight is 471 g/mol. The number of sulfonamides is 1. The number of halogens is 3. The van der Waals surface area contributed by atoms with Gasteiger partial charge in [0, 0.05) is 39.3 Å². The maximum atomic E-state index is 13.1. The zero-order valence-electron chi connectivity index (χ0n) is 18.1. The average Bonchev–Trinajstić information content (AvgIpc) is 2.69. The van der Waals surface area contributed by atoms with Gasteiger partial charge < -0.3 is 4.74 Å². The Bertz CT molecular complexity index is 962. The minimum absolute atomic E-state index is 0.0917. The van der Waals surface area contributed by atoms with Crippen molar-refractivity contribution in [2.45, 2.75) is 31.7 Å². The largest absolute Gasteiger partial charge is 0.416 e. The van der Waals surface area contributed by atoms with E-state index in [4.69, 9.17) is 4.74 Å². The Kier molecular flexibility index (Phi) is 8.32. The smallest absolute Gasteiger partial charge is 0.375 e. The van der Waals surface area contributed by atoms with E-state index in [1.807, 2.05) is 30.3 Å². The SMILES string of the molecule is CS(=O)(=O)N1CC(OCCCN(CCc2ccccc2)Cc2cccc(C(F)(F)F)c2)C1. The van der Waals surface area contributed by atoms with Crippen molar-refractivity contribution in [2.75, 3.05) is 39.0 Å². The molecule has 1 saturated heterocycles. The monoisotopic (exact) mass is 470 g/mol. The highest BCUT2D eigenvalue weighted by Gasteiger charge is 2.33. The first-order valence-corrected chi connectivity index (χ1v) is 12.5. The van der Waals surface area contributed by atoms with E-state index in [9.17, 15) is 21.6 Å². The zero-order chi connectivity index (χ0) is 23.2. The summed E-state index contributed by atoms with van der Waals surface area (Å²) in [5.74, 6) is 0. The van der Waals surface area contributed by atoms with Gasteiger partial charge in [-0.25, -0.2) is 8.42 Å². The molecule has 1 heterocycles. The molecule has 5 nitrogen and oxygen atoms in total. The van der Waals surface area contributed by atoms with Gasteiger partial charge in [-0.1, -0.05) is 48.5 Å². The summed E-state index contributed by atoms with van der Waals surface area (Å²) in [6.45, 7) is 3.04. The van der Waals surface area contributed by atoms with Crippen molar-refractivity contribution in [1.82, 2.24) is 9.21 Å². The summed E-state index contributed by atoms with van der Waals surface area (Å²) in [6, 6.07) is 15.4. The molecule has 1 aliphatic heterocycles. The van der Waals surface area contributed by atoms with E-state index in [-0.39, 0.29) is 6.10 Å². The maximum Gasteiger partial charge on any atom is 0.416 e. The van der Waals surface area contributed by atoms with E-state index in [1.165, 1.54) is 28.3 Å². The van der Waals surface area contributed by atoms with Crippen LogP contribution in [0.15, 0.2) is 54.6 Å². The number of nitrogens with zero attached hydrogens (tertiary/aromatic N) is 2. The van der Waals surface area contributed by atoms with Crippen LogP contribution in [0.4, 0.5) is 13.2 Å². The van der Waals surface area contributed by atoms with Crippen LogP contribution in [0, 0.1) is 0 Å². The Hall–Kier alpha value is -1.94. The predicted octanol–water partition coefficient (Wildman–Crippen LogP) is 3.80. The first-order chi connectivity index (χ1) is 15.1. The molecule has 3 rings (SSSR count). The summed E-state index contributed by atoms with van der Waals surface area (Å²) in [5, 5.41) is 0. The molecule has 0 aromatic heterocycles. The highest BCUT2D eigenvalue weighted by molar-refractivity contribution is 7.88. The molecule has 0 saturated carbocycles. The second-order valence-corrected chi connectivity index (χ2v) is 10.1. The van der Waals surface area contributed by atoms with Gasteiger partial charge >= 0.3 is 6.18 Å². The Morgan fingerprint density at radius 3 is 2.38 bits per heavy atom. The maximum absolute atomic E-state index is 13.1. The highest BCUT2D eigenvalue weighted by Crippen LogP contribution is 2.29. The first-order valence-electron chi connectivity index (χ1n) is 10.6. The van der Waals surface area contributed by atoms with E-state index < -0.39 is 21.8 Å². The molecule has 176 valence electrons. The van der Waals surface area contributed by atoms with Crippen LogP contribution in [0.1, 0.15) is 23.1 Å². The highest BCUT2D eigenvalue weighted by atomic mass is 32.2. The van der Waals surface area contributed by atoms with Crippen molar-refractivity contribution in [3.63, 3.8) is 0 Å². The van der Waals surface area contributed by atoms with Crippen LogP contribution in [-0.2, 0) is 33.9 Å². The molecule has 1 aliphatic rings. The summed E-state index contributed by atoms with van der Waals surface area (Å²) in [7, 11) is -3.16. The lowest BCUT2D eigenvalue weighted by Gasteiger charge is -2.36. The number of alkyl halides is 3. The van der Waals surface area contributed by atoms with Gasteiger partial charge in [0.05, 0.1) is 17.9 Å². The second-order valence-electron chi connectivity index (χ2n) is 8.14. The topological polar surface area (TPSA) is 49.9 Å². The lowest BCUT2D eigenvalue weighted by Crippen LogP contribution is -2.54. The molecule has 0 N–H and O–H groups in total. The van der Waals surface area contributed by atoms with Gasteiger partial charge in [0.25, 0.3) is 0 Å². The summed E-state index contributed by atoms with van der Waals surface area (Å²) >= 11 is 0. The summed E-state index contributed by atoms with van der Waals surface area (Å²) in [6.07, 6.45) is -1.76. The van der Waals surface area contributed by atoms with E-state index in [2.05, 4.69) is 4.90 Å². The Balaban J connectivity index is 1.53. The van der Waals surface area contributed by atoms with Crippen LogP contribution < -0.4 is 0 Å². The van der Waals surface area contributed by atoms with E-state index in [0.29, 0.717) is 51.3 Å². The lowest BCUT2D eigenvalue weighted by molar-refractivity contribution is -0.137. The van der Waals surface area contributed by atoms with Crippen molar-refractivity contribution in [3.05, 3.63) is 71.3 Å². The molecular formula is C23H29F3N2O3S. The molecular weight excluding hydrogens is 441 g/mol. The van der Waals surface area contributed by atoms with Crippen LogP contribution in [0.3, 0.4) is 0 Å². The Morgan fingerprint density at radius 2 is 1.72 bits per heavy atom. The second kappa shape index (κ2) is 10.8. The van der Waals surface area contributed by atoms with Crippen LogP contribution in [-0.4, -0.2) is 62.8 Å². The molecule has 0 atom stereocenters. The fraction of sp³-hybridized carbons (Fsp3) is 0.478. The number of ether oxygens (including phenoxy) is 1. The van der Waals surface area contributed by atoms with Gasteiger partial charge in [0.2, 0.25) is 10.0 Å². The zero-order valence-corrected chi connectivity index (χ0v) is 18.9. The van der Waals surface area contributed by atoms with E-state index >= 15 is 0 Å². The molecule has 0 amide bonds. The summed E-state index contributed by atoms with van der Waals surface area (Å²) < 4.78 is 69.2. The summed E-state index contributed by atoms with van der Waals surface area (Å²) in [5.41, 5.74) is 1.16. The molecule has 0 aliphatic carbocycles. The number of rotatable bonds is 11. The quantitative estimate of drug-likeness (QED) is 0.469. The molecule has 1 fully saturated rings. The van der Waals surface area contributed by atoms with Crippen LogP contribution >= 0.6 is 0 Å². The molecule has 32 heavy (non-hydrogen) atoms. The van der Waals surface area contributed by atoms with Gasteiger partial charge in [0.1, 0.15) is 0 Å². The van der Waals surface area contributed by atoms with Gasteiger partial charge in [-0.3, -0.25) is 4.90 Å². The third-order valence-corrected chi connectivity index (χ3v) is 6.71. The van der Waals surface area contributed by atoms with Gasteiger partial charge in [-0.15, -0.1) is 0 Å². The fourth-order valence-corrected chi connectivity index (χ4v) is 4.50. The number of hydrogen-bond acceptors (Lipinski definition) is 4. The number of benzene rings is 2. The van der Waals surface area contributed by atoms with Crippen molar-refractivity contribution < 1.29 is 26.3 Å². The van der Waals surface area contributed by atoms with Crippen LogP contribution in [0.5, 0.6) is 0 Å². The van der Waals surface area contributed by atoms with E-state index in [1.54, 1.807) is 6.07 Å². The van der Waals surface area contributed by atoms with Crippen molar-refractivity contribution in [3.8, 4) is 0 Å². The third-order valence-electron chi connectivity index (χ3n) is 5.48. The van der Waals surface area contributed by atoms with Gasteiger partial charge in [-0.05, 0) is 30.0 Å². The van der Waals surface area contributed by atoms with Gasteiger partial charge in [-0.2, -0.15) is 17.5 Å². The Morgan fingerprint density at radius 1 is 1.03 bits per heavy atom. The van der Waals surface area contributed by atoms with Crippen LogP contribution in [0.2, 0.25) is 0 Å². The predicted molar refractivity (Wildman–Crippen MR) is 118 cm³/mol. The fourth-order valence-electron chi connectivity index (χ4n) is 3.62. The first kappa shape index (κ1) is 24.7. The van der Waals surface area contributed by atoms with Crippen molar-refractivity contribution in [1.29, 1.82) is 0 Å². The van der Waals surface area contributed by atoms with Gasteiger partial charge in [0.15, 0.2) is 0 Å². The minimum Gasteiger partial charge on any atom is -0.375 e.